The molecule has 0 unspecified atom stereocenters. The Morgan fingerprint density at radius 1 is 1.24 bits per heavy atom. The minimum atomic E-state index is -3.58. The van der Waals surface area contributed by atoms with Gasteiger partial charge in [-0.05, 0) is 40.2 Å². The third-order valence-electron chi connectivity index (χ3n) is 1.91. The lowest BCUT2D eigenvalue weighted by atomic mass is 10.3. The summed E-state index contributed by atoms with van der Waals surface area (Å²) in [5.74, 6) is 0.0116. The van der Waals surface area contributed by atoms with Gasteiger partial charge in [0.1, 0.15) is 9.96 Å². The molecule has 1 heterocycles. The minimum Gasteiger partial charge on any atom is -0.508 e. The lowest BCUT2D eigenvalue weighted by Gasteiger charge is -2.05. The zero-order valence-electron chi connectivity index (χ0n) is 8.42. The standard InChI is InChI=1S/C10H8BrNO3S2/c11-9-4-5-10(16-9)17(14,15)12-7-2-1-3-8(13)6-7/h1-6,12-13H. The van der Waals surface area contributed by atoms with Crippen LogP contribution in [0.2, 0.25) is 0 Å². The third-order valence-corrected chi connectivity index (χ3v) is 5.41. The number of thiophene rings is 1. The van der Waals surface area contributed by atoms with Gasteiger partial charge in [0.2, 0.25) is 0 Å². The number of nitrogens with one attached hydrogen (secondary N) is 1. The van der Waals surface area contributed by atoms with Crippen molar-refractivity contribution in [3.63, 3.8) is 0 Å². The Morgan fingerprint density at radius 3 is 2.59 bits per heavy atom. The largest absolute Gasteiger partial charge is 0.508 e. The zero-order chi connectivity index (χ0) is 12.5. The highest BCUT2D eigenvalue weighted by atomic mass is 79.9. The smallest absolute Gasteiger partial charge is 0.271 e. The number of phenolic OH excluding ortho intramolecular Hbond substituents is 1. The van der Waals surface area contributed by atoms with Crippen molar-refractivity contribution in [3.8, 4) is 5.75 Å². The summed E-state index contributed by atoms with van der Waals surface area (Å²) >= 11 is 4.33. The van der Waals surface area contributed by atoms with Crippen molar-refractivity contribution in [2.75, 3.05) is 4.72 Å². The van der Waals surface area contributed by atoms with Crippen molar-refractivity contribution in [2.24, 2.45) is 0 Å². The molecule has 0 aliphatic carbocycles. The highest BCUT2D eigenvalue weighted by Gasteiger charge is 2.16. The molecule has 2 N–H and O–H groups in total. The van der Waals surface area contributed by atoms with Gasteiger partial charge in [-0.3, -0.25) is 4.72 Å². The number of aromatic hydroxyl groups is 1. The second-order valence-electron chi connectivity index (χ2n) is 3.21. The number of sulfonamides is 1. The number of benzene rings is 1. The molecule has 0 amide bonds. The van der Waals surface area contributed by atoms with Crippen LogP contribution in [-0.2, 0) is 10.0 Å². The van der Waals surface area contributed by atoms with Crippen LogP contribution < -0.4 is 4.72 Å². The molecule has 7 heteroatoms. The summed E-state index contributed by atoms with van der Waals surface area (Å²) in [6.07, 6.45) is 0. The predicted octanol–water partition coefficient (Wildman–Crippen LogP) is 3.02. The fourth-order valence-electron chi connectivity index (χ4n) is 1.22. The number of phenols is 1. The maximum Gasteiger partial charge on any atom is 0.271 e. The van der Waals surface area contributed by atoms with Gasteiger partial charge >= 0.3 is 0 Å². The SMILES string of the molecule is O=S(=O)(Nc1cccc(O)c1)c1ccc(Br)s1. The van der Waals surface area contributed by atoms with E-state index < -0.39 is 10.0 Å². The van der Waals surface area contributed by atoms with E-state index in [0.717, 1.165) is 15.1 Å². The second kappa shape index (κ2) is 4.67. The average Bonchev–Trinajstić information content (AvgIpc) is 2.65. The van der Waals surface area contributed by atoms with Gasteiger partial charge < -0.3 is 5.11 Å². The van der Waals surface area contributed by atoms with Crippen LogP contribution in [0.5, 0.6) is 5.75 Å². The van der Waals surface area contributed by atoms with E-state index >= 15 is 0 Å². The first kappa shape index (κ1) is 12.4. The lowest BCUT2D eigenvalue weighted by molar-refractivity contribution is 0.475. The van der Waals surface area contributed by atoms with Crippen molar-refractivity contribution in [1.82, 2.24) is 0 Å². The molecule has 0 spiro atoms. The Morgan fingerprint density at radius 2 is 2.00 bits per heavy atom. The summed E-state index contributed by atoms with van der Waals surface area (Å²) in [7, 11) is -3.58. The summed E-state index contributed by atoms with van der Waals surface area (Å²) in [6, 6.07) is 9.14. The van der Waals surface area contributed by atoms with Gasteiger partial charge in [0, 0.05) is 6.07 Å². The zero-order valence-corrected chi connectivity index (χ0v) is 11.6. The first-order valence-electron chi connectivity index (χ1n) is 4.54. The van der Waals surface area contributed by atoms with Crippen LogP contribution in [0.4, 0.5) is 5.69 Å². The van der Waals surface area contributed by atoms with Crippen molar-refractivity contribution in [2.45, 2.75) is 4.21 Å². The Hall–Kier alpha value is -1.05. The van der Waals surface area contributed by atoms with E-state index in [1.54, 1.807) is 18.2 Å². The predicted molar refractivity (Wildman–Crippen MR) is 70.9 cm³/mol. The number of anilines is 1. The minimum absolute atomic E-state index is 0.0116. The molecular weight excluding hydrogens is 326 g/mol. The maximum atomic E-state index is 11.9. The van der Waals surface area contributed by atoms with Gasteiger partial charge in [0.15, 0.2) is 0 Å². The molecule has 1 aromatic carbocycles. The van der Waals surface area contributed by atoms with E-state index in [-0.39, 0.29) is 9.96 Å². The van der Waals surface area contributed by atoms with Gasteiger partial charge in [0.25, 0.3) is 10.0 Å². The first-order chi connectivity index (χ1) is 7.97. The van der Waals surface area contributed by atoms with E-state index in [9.17, 15) is 13.5 Å². The molecule has 0 atom stereocenters. The van der Waals surface area contributed by atoms with E-state index in [1.807, 2.05) is 0 Å². The molecule has 4 nitrogen and oxygen atoms in total. The van der Waals surface area contributed by atoms with Crippen molar-refractivity contribution in [1.29, 1.82) is 0 Å². The van der Waals surface area contributed by atoms with Gasteiger partial charge in [-0.2, -0.15) is 0 Å². The van der Waals surface area contributed by atoms with Crippen molar-refractivity contribution >= 4 is 43.0 Å². The van der Waals surface area contributed by atoms with Crippen LogP contribution in [0, 0.1) is 0 Å². The molecule has 90 valence electrons. The Balaban J connectivity index is 2.29. The monoisotopic (exact) mass is 333 g/mol. The summed E-state index contributed by atoms with van der Waals surface area (Å²) < 4.78 is 27.2. The van der Waals surface area contributed by atoms with Crippen LogP contribution in [-0.4, -0.2) is 13.5 Å². The molecular formula is C10H8BrNO3S2. The van der Waals surface area contributed by atoms with Crippen LogP contribution in [0.1, 0.15) is 0 Å². The summed E-state index contributed by atoms with van der Waals surface area (Å²) in [5.41, 5.74) is 0.328. The number of rotatable bonds is 3. The maximum absolute atomic E-state index is 11.9. The lowest BCUT2D eigenvalue weighted by Crippen LogP contribution is -2.11. The fraction of sp³-hybridized carbons (Fsp3) is 0. The highest BCUT2D eigenvalue weighted by molar-refractivity contribution is 9.11. The summed E-state index contributed by atoms with van der Waals surface area (Å²) in [4.78, 5) is 0. The quantitative estimate of drug-likeness (QED) is 0.907. The number of hydrogen-bond donors (Lipinski definition) is 2. The van der Waals surface area contributed by atoms with E-state index in [0.29, 0.717) is 5.69 Å². The second-order valence-corrected chi connectivity index (χ2v) is 7.59. The van der Waals surface area contributed by atoms with Crippen molar-refractivity contribution in [3.05, 3.63) is 40.2 Å². The summed E-state index contributed by atoms with van der Waals surface area (Å²) in [5, 5.41) is 9.24. The fourth-order valence-corrected chi connectivity index (χ4v) is 4.28. The topological polar surface area (TPSA) is 66.4 Å². The van der Waals surface area contributed by atoms with Gasteiger partial charge in [0.05, 0.1) is 9.47 Å². The van der Waals surface area contributed by atoms with E-state index in [2.05, 4.69) is 20.7 Å². The molecule has 0 fully saturated rings. The van der Waals surface area contributed by atoms with Crippen LogP contribution in [0.3, 0.4) is 0 Å². The van der Waals surface area contributed by atoms with Gasteiger partial charge in [-0.25, -0.2) is 8.42 Å². The molecule has 0 bridgehead atoms. The third kappa shape index (κ3) is 2.99. The first-order valence-corrected chi connectivity index (χ1v) is 7.64. The molecule has 0 radical (unpaired) electrons. The van der Waals surface area contributed by atoms with Crippen LogP contribution in [0.25, 0.3) is 0 Å². The van der Waals surface area contributed by atoms with E-state index in [4.69, 9.17) is 0 Å². The van der Waals surface area contributed by atoms with E-state index in [1.165, 1.54) is 18.2 Å². The molecule has 1 aromatic heterocycles. The summed E-state index contributed by atoms with van der Waals surface area (Å²) in [6.45, 7) is 0. The average molecular weight is 334 g/mol. The molecule has 0 saturated carbocycles. The van der Waals surface area contributed by atoms with Crippen LogP contribution >= 0.6 is 27.3 Å². The Kier molecular flexibility index (Phi) is 3.41. The van der Waals surface area contributed by atoms with Crippen molar-refractivity contribution < 1.29 is 13.5 Å². The Bertz CT molecular complexity index is 637. The molecule has 0 aliphatic rings. The Labute approximate surface area is 111 Å². The molecule has 0 aliphatic heterocycles. The van der Waals surface area contributed by atoms with Gasteiger partial charge in [-0.1, -0.05) is 6.07 Å². The number of halogens is 1. The normalized spacial score (nSPS) is 11.4. The van der Waals surface area contributed by atoms with Crippen LogP contribution in [0.15, 0.2) is 44.4 Å². The molecule has 17 heavy (non-hydrogen) atoms. The highest BCUT2D eigenvalue weighted by Crippen LogP contribution is 2.28. The molecule has 0 saturated heterocycles. The molecule has 2 rings (SSSR count). The molecule has 2 aromatic rings. The van der Waals surface area contributed by atoms with Gasteiger partial charge in [-0.15, -0.1) is 11.3 Å². The number of hydrogen-bond acceptors (Lipinski definition) is 4.